The quantitative estimate of drug-likeness (QED) is 0.599. The Kier molecular flexibility index (Phi) is 8.00. The van der Waals surface area contributed by atoms with Crippen molar-refractivity contribution in [2.75, 3.05) is 38.3 Å². The Morgan fingerprint density at radius 2 is 1.93 bits per heavy atom. The van der Waals surface area contributed by atoms with Crippen molar-refractivity contribution >= 4 is 9.84 Å². The molecule has 0 aliphatic carbocycles. The summed E-state index contributed by atoms with van der Waals surface area (Å²) in [5.41, 5.74) is 0. The molecule has 0 aliphatic heterocycles. The Morgan fingerprint density at radius 1 is 1.27 bits per heavy atom. The van der Waals surface area contributed by atoms with Crippen LogP contribution >= 0.6 is 0 Å². The summed E-state index contributed by atoms with van der Waals surface area (Å²) in [5.74, 6) is 0.991. The molecule has 0 rings (SSSR count). The predicted octanol–water partition coefficient (Wildman–Crippen LogP) is 0.683. The van der Waals surface area contributed by atoms with E-state index in [1.807, 2.05) is 0 Å². The van der Waals surface area contributed by atoms with Crippen LogP contribution in [-0.4, -0.2) is 46.7 Å². The molecule has 0 heterocycles. The number of sulfone groups is 1. The van der Waals surface area contributed by atoms with Crippen molar-refractivity contribution in [1.29, 1.82) is 0 Å². The van der Waals surface area contributed by atoms with Gasteiger partial charge in [0.05, 0.1) is 18.1 Å². The highest BCUT2D eigenvalue weighted by Gasteiger charge is 2.09. The lowest BCUT2D eigenvalue weighted by molar-refractivity contribution is 0.217. The van der Waals surface area contributed by atoms with Crippen molar-refractivity contribution in [3.63, 3.8) is 0 Å². The van der Waals surface area contributed by atoms with Crippen molar-refractivity contribution in [3.05, 3.63) is 0 Å². The lowest BCUT2D eigenvalue weighted by Gasteiger charge is -2.07. The lowest BCUT2D eigenvalue weighted by atomic mass is 10.2. The SMILES string of the molecule is COCCS(=O)(=O)CCCNCC(C)C. The highest BCUT2D eigenvalue weighted by atomic mass is 32.2. The van der Waals surface area contributed by atoms with E-state index < -0.39 is 9.84 Å². The molecule has 0 aliphatic rings. The van der Waals surface area contributed by atoms with Crippen LogP contribution < -0.4 is 5.32 Å². The van der Waals surface area contributed by atoms with Crippen LogP contribution in [0.15, 0.2) is 0 Å². The minimum atomic E-state index is -2.91. The molecule has 0 saturated heterocycles. The predicted molar refractivity (Wildman–Crippen MR) is 62.9 cm³/mol. The van der Waals surface area contributed by atoms with Gasteiger partial charge in [-0.1, -0.05) is 13.8 Å². The number of methoxy groups -OCH3 is 1. The molecule has 4 nitrogen and oxygen atoms in total. The van der Waals surface area contributed by atoms with Gasteiger partial charge in [0.2, 0.25) is 0 Å². The summed E-state index contributed by atoms with van der Waals surface area (Å²) >= 11 is 0. The van der Waals surface area contributed by atoms with E-state index >= 15 is 0 Å². The molecule has 0 saturated carbocycles. The second-order valence-electron chi connectivity index (χ2n) is 4.10. The van der Waals surface area contributed by atoms with Gasteiger partial charge in [0, 0.05) is 7.11 Å². The average Bonchev–Trinajstić information content (AvgIpc) is 2.14. The number of ether oxygens (including phenoxy) is 1. The molecule has 0 aromatic heterocycles. The molecule has 0 amide bonds. The summed E-state index contributed by atoms with van der Waals surface area (Å²) < 4.78 is 27.5. The van der Waals surface area contributed by atoms with Crippen LogP contribution in [0.3, 0.4) is 0 Å². The Labute approximate surface area is 93.3 Å². The van der Waals surface area contributed by atoms with Gasteiger partial charge in [0.1, 0.15) is 0 Å². The van der Waals surface area contributed by atoms with Gasteiger partial charge in [-0.25, -0.2) is 8.42 Å². The largest absolute Gasteiger partial charge is 0.384 e. The van der Waals surface area contributed by atoms with E-state index in [0.29, 0.717) is 18.9 Å². The zero-order valence-electron chi connectivity index (χ0n) is 9.95. The third-order valence-electron chi connectivity index (χ3n) is 1.96. The number of hydrogen-bond acceptors (Lipinski definition) is 4. The average molecular weight is 237 g/mol. The van der Waals surface area contributed by atoms with Crippen LogP contribution in [0.25, 0.3) is 0 Å². The fourth-order valence-corrected chi connectivity index (χ4v) is 2.33. The standard InChI is InChI=1S/C10H23NO3S/c1-10(2)9-11-5-4-7-15(12,13)8-6-14-3/h10-11H,4-9H2,1-3H3. The van der Waals surface area contributed by atoms with E-state index in [9.17, 15) is 8.42 Å². The normalized spacial score (nSPS) is 12.3. The van der Waals surface area contributed by atoms with Crippen molar-refractivity contribution in [2.45, 2.75) is 20.3 Å². The Morgan fingerprint density at radius 3 is 2.47 bits per heavy atom. The number of hydrogen-bond donors (Lipinski definition) is 1. The fraction of sp³-hybridized carbons (Fsp3) is 1.00. The highest BCUT2D eigenvalue weighted by Crippen LogP contribution is 1.94. The van der Waals surface area contributed by atoms with Crippen LogP contribution in [0.5, 0.6) is 0 Å². The Bertz CT molecular complexity index is 237. The third kappa shape index (κ3) is 10.2. The van der Waals surface area contributed by atoms with E-state index in [0.717, 1.165) is 13.1 Å². The second kappa shape index (κ2) is 8.07. The van der Waals surface area contributed by atoms with Gasteiger partial charge in [-0.3, -0.25) is 0 Å². The first kappa shape index (κ1) is 14.9. The first-order chi connectivity index (χ1) is 6.98. The third-order valence-corrected chi connectivity index (χ3v) is 3.66. The maximum atomic E-state index is 11.4. The molecular weight excluding hydrogens is 214 g/mol. The summed E-state index contributed by atoms with van der Waals surface area (Å²) in [7, 11) is -1.40. The topological polar surface area (TPSA) is 55.4 Å². The molecule has 0 radical (unpaired) electrons. The molecule has 0 fully saturated rings. The van der Waals surface area contributed by atoms with Crippen LogP contribution in [0, 0.1) is 5.92 Å². The van der Waals surface area contributed by atoms with Crippen molar-refractivity contribution in [3.8, 4) is 0 Å². The van der Waals surface area contributed by atoms with Crippen molar-refractivity contribution < 1.29 is 13.2 Å². The zero-order chi connectivity index (χ0) is 11.7. The minimum absolute atomic E-state index is 0.133. The summed E-state index contributed by atoms with van der Waals surface area (Å²) in [6, 6.07) is 0. The molecular formula is C10H23NO3S. The van der Waals surface area contributed by atoms with Crippen LogP contribution in [0.2, 0.25) is 0 Å². The van der Waals surface area contributed by atoms with Gasteiger partial charge in [-0.15, -0.1) is 0 Å². The Hall–Kier alpha value is -0.130. The smallest absolute Gasteiger partial charge is 0.152 e. The van der Waals surface area contributed by atoms with Gasteiger partial charge in [0.15, 0.2) is 9.84 Å². The molecule has 15 heavy (non-hydrogen) atoms. The maximum absolute atomic E-state index is 11.4. The van der Waals surface area contributed by atoms with E-state index in [2.05, 4.69) is 19.2 Å². The number of nitrogens with one attached hydrogen (secondary N) is 1. The summed E-state index contributed by atoms with van der Waals surface area (Å²) in [6.07, 6.45) is 0.679. The molecule has 0 aromatic rings. The molecule has 92 valence electrons. The first-order valence-electron chi connectivity index (χ1n) is 5.38. The van der Waals surface area contributed by atoms with E-state index in [4.69, 9.17) is 4.74 Å². The van der Waals surface area contributed by atoms with Crippen molar-refractivity contribution in [2.24, 2.45) is 5.92 Å². The summed E-state index contributed by atoms with van der Waals surface area (Å²) in [4.78, 5) is 0. The van der Waals surface area contributed by atoms with Crippen molar-refractivity contribution in [1.82, 2.24) is 5.32 Å². The maximum Gasteiger partial charge on any atom is 0.152 e. The van der Waals surface area contributed by atoms with Crippen LogP contribution in [0.4, 0.5) is 0 Å². The van der Waals surface area contributed by atoms with Crippen LogP contribution in [0.1, 0.15) is 20.3 Å². The first-order valence-corrected chi connectivity index (χ1v) is 7.20. The van der Waals surface area contributed by atoms with E-state index in [1.165, 1.54) is 7.11 Å². The second-order valence-corrected chi connectivity index (χ2v) is 6.40. The van der Waals surface area contributed by atoms with Gasteiger partial charge >= 0.3 is 0 Å². The highest BCUT2D eigenvalue weighted by molar-refractivity contribution is 7.91. The van der Waals surface area contributed by atoms with E-state index in [-0.39, 0.29) is 11.5 Å². The Balaban J connectivity index is 3.49. The van der Waals surface area contributed by atoms with Gasteiger partial charge in [0.25, 0.3) is 0 Å². The molecule has 0 unspecified atom stereocenters. The van der Waals surface area contributed by atoms with Gasteiger partial charge < -0.3 is 10.1 Å². The van der Waals surface area contributed by atoms with E-state index in [1.54, 1.807) is 0 Å². The van der Waals surface area contributed by atoms with Gasteiger partial charge in [-0.2, -0.15) is 0 Å². The summed E-state index contributed by atoms with van der Waals surface area (Å²) in [5, 5.41) is 3.22. The molecule has 1 N–H and O–H groups in total. The number of rotatable bonds is 9. The van der Waals surface area contributed by atoms with Crippen LogP contribution in [-0.2, 0) is 14.6 Å². The monoisotopic (exact) mass is 237 g/mol. The fourth-order valence-electron chi connectivity index (χ4n) is 1.12. The zero-order valence-corrected chi connectivity index (χ0v) is 10.8. The van der Waals surface area contributed by atoms with Gasteiger partial charge in [-0.05, 0) is 25.4 Å². The summed E-state index contributed by atoms with van der Waals surface area (Å²) in [6.45, 7) is 6.26. The molecule has 0 bridgehead atoms. The minimum Gasteiger partial charge on any atom is -0.384 e. The molecule has 0 aromatic carbocycles. The molecule has 5 heteroatoms. The lowest BCUT2D eigenvalue weighted by Crippen LogP contribution is -2.24. The molecule has 0 spiro atoms. The molecule has 0 atom stereocenters.